The summed E-state index contributed by atoms with van der Waals surface area (Å²) >= 11 is 0. The van der Waals surface area contributed by atoms with Crippen LogP contribution in [0.15, 0.2) is 0 Å². The number of rotatable bonds is 5. The van der Waals surface area contributed by atoms with Gasteiger partial charge in [-0.05, 0) is 57.7 Å². The van der Waals surface area contributed by atoms with Gasteiger partial charge in [-0.1, -0.05) is 0 Å². The lowest BCUT2D eigenvalue weighted by atomic mass is 9.96. The van der Waals surface area contributed by atoms with E-state index in [0.29, 0.717) is 6.10 Å². The van der Waals surface area contributed by atoms with Crippen LogP contribution in [0, 0.1) is 5.92 Å². The van der Waals surface area contributed by atoms with Crippen molar-refractivity contribution in [3.63, 3.8) is 0 Å². The predicted octanol–water partition coefficient (Wildman–Crippen LogP) is 1.14. The molecule has 0 aromatic carbocycles. The van der Waals surface area contributed by atoms with Gasteiger partial charge in [0.1, 0.15) is 0 Å². The molecule has 2 unspecified atom stereocenters. The molecule has 2 fully saturated rings. The van der Waals surface area contributed by atoms with Crippen molar-refractivity contribution < 1.29 is 4.74 Å². The quantitative estimate of drug-likeness (QED) is 0.671. The predicted molar refractivity (Wildman–Crippen MR) is 62.1 cm³/mol. The summed E-state index contributed by atoms with van der Waals surface area (Å²) in [5.41, 5.74) is 0. The molecule has 2 rings (SSSR count). The molecule has 88 valence electrons. The van der Waals surface area contributed by atoms with Gasteiger partial charge in [-0.15, -0.1) is 0 Å². The molecule has 0 amide bonds. The molecule has 0 spiro atoms. The molecule has 0 bridgehead atoms. The minimum atomic E-state index is 0.495. The lowest BCUT2D eigenvalue weighted by molar-refractivity contribution is 0.110. The van der Waals surface area contributed by atoms with E-state index in [0.717, 1.165) is 25.6 Å². The highest BCUT2D eigenvalue weighted by Gasteiger charge is 2.15. The molecular formula is C12H24N2O. The van der Waals surface area contributed by atoms with Gasteiger partial charge in [0, 0.05) is 13.2 Å². The number of hydrogen-bond acceptors (Lipinski definition) is 3. The van der Waals surface area contributed by atoms with Crippen molar-refractivity contribution >= 4 is 0 Å². The molecule has 0 aromatic rings. The molecule has 2 aliphatic heterocycles. The van der Waals surface area contributed by atoms with E-state index in [9.17, 15) is 0 Å². The zero-order valence-corrected chi connectivity index (χ0v) is 9.63. The Morgan fingerprint density at radius 2 is 2.27 bits per heavy atom. The standard InChI is InChI=1S/C12H24N2O/c1-3-11(9-13-6-1)5-7-14-10-12-4-2-8-15-12/h11-14H,1-10H2. The lowest BCUT2D eigenvalue weighted by Crippen LogP contribution is -2.33. The van der Waals surface area contributed by atoms with Gasteiger partial charge in [-0.2, -0.15) is 0 Å². The number of piperidine rings is 1. The van der Waals surface area contributed by atoms with Crippen LogP contribution in [0.2, 0.25) is 0 Å². The van der Waals surface area contributed by atoms with Gasteiger partial charge in [0.05, 0.1) is 6.10 Å². The van der Waals surface area contributed by atoms with Gasteiger partial charge >= 0.3 is 0 Å². The molecule has 3 nitrogen and oxygen atoms in total. The molecule has 2 heterocycles. The molecule has 0 aliphatic carbocycles. The summed E-state index contributed by atoms with van der Waals surface area (Å²) in [5.74, 6) is 0.899. The van der Waals surface area contributed by atoms with Crippen LogP contribution in [0.5, 0.6) is 0 Å². The second-order valence-corrected chi connectivity index (χ2v) is 4.84. The SMILES string of the molecule is C1CNCC(CCNCC2CCCO2)C1. The highest BCUT2D eigenvalue weighted by atomic mass is 16.5. The maximum atomic E-state index is 5.57. The van der Waals surface area contributed by atoms with Crippen LogP contribution in [0.4, 0.5) is 0 Å². The maximum Gasteiger partial charge on any atom is 0.0700 e. The van der Waals surface area contributed by atoms with Gasteiger partial charge in [0.25, 0.3) is 0 Å². The first-order valence-corrected chi connectivity index (χ1v) is 6.48. The van der Waals surface area contributed by atoms with E-state index in [2.05, 4.69) is 10.6 Å². The van der Waals surface area contributed by atoms with Crippen LogP contribution in [0.3, 0.4) is 0 Å². The van der Waals surface area contributed by atoms with Crippen LogP contribution in [0.1, 0.15) is 32.1 Å². The normalized spacial score (nSPS) is 32.0. The van der Waals surface area contributed by atoms with Gasteiger partial charge in [0.15, 0.2) is 0 Å². The zero-order valence-electron chi connectivity index (χ0n) is 9.63. The van der Waals surface area contributed by atoms with Crippen molar-refractivity contribution in [2.45, 2.75) is 38.2 Å². The lowest BCUT2D eigenvalue weighted by Gasteiger charge is -2.23. The average molecular weight is 212 g/mol. The molecule has 0 saturated carbocycles. The first-order chi connectivity index (χ1) is 7.45. The van der Waals surface area contributed by atoms with Crippen molar-refractivity contribution in [2.24, 2.45) is 5.92 Å². The molecule has 2 atom stereocenters. The Balaban J connectivity index is 1.47. The molecule has 0 radical (unpaired) electrons. The van der Waals surface area contributed by atoms with Crippen molar-refractivity contribution in [3.05, 3.63) is 0 Å². The van der Waals surface area contributed by atoms with E-state index in [-0.39, 0.29) is 0 Å². The third-order valence-electron chi connectivity index (χ3n) is 3.52. The second kappa shape index (κ2) is 6.46. The number of hydrogen-bond donors (Lipinski definition) is 2. The minimum Gasteiger partial charge on any atom is -0.377 e. The average Bonchev–Trinajstić information content (AvgIpc) is 2.79. The first-order valence-electron chi connectivity index (χ1n) is 6.48. The summed E-state index contributed by atoms with van der Waals surface area (Å²) in [4.78, 5) is 0. The Morgan fingerprint density at radius 3 is 3.00 bits per heavy atom. The Morgan fingerprint density at radius 1 is 1.27 bits per heavy atom. The molecular weight excluding hydrogens is 188 g/mol. The third kappa shape index (κ3) is 4.09. The van der Waals surface area contributed by atoms with Crippen molar-refractivity contribution in [3.8, 4) is 0 Å². The van der Waals surface area contributed by atoms with E-state index in [1.165, 1.54) is 45.2 Å². The van der Waals surface area contributed by atoms with E-state index in [1.807, 2.05) is 0 Å². The van der Waals surface area contributed by atoms with Gasteiger partial charge in [0.2, 0.25) is 0 Å². The highest BCUT2D eigenvalue weighted by molar-refractivity contribution is 4.71. The van der Waals surface area contributed by atoms with E-state index in [1.54, 1.807) is 0 Å². The fourth-order valence-corrected chi connectivity index (χ4v) is 2.54. The van der Waals surface area contributed by atoms with Gasteiger partial charge in [-0.25, -0.2) is 0 Å². The molecule has 2 N–H and O–H groups in total. The maximum absolute atomic E-state index is 5.57. The van der Waals surface area contributed by atoms with E-state index >= 15 is 0 Å². The molecule has 2 aliphatic rings. The monoisotopic (exact) mass is 212 g/mol. The van der Waals surface area contributed by atoms with Crippen molar-refractivity contribution in [2.75, 3.05) is 32.8 Å². The molecule has 0 aromatic heterocycles. The Labute approximate surface area is 93.0 Å². The topological polar surface area (TPSA) is 33.3 Å². The Kier molecular flexibility index (Phi) is 4.90. The summed E-state index contributed by atoms with van der Waals surface area (Å²) in [6.45, 7) is 5.63. The largest absolute Gasteiger partial charge is 0.377 e. The van der Waals surface area contributed by atoms with Crippen LogP contribution >= 0.6 is 0 Å². The summed E-state index contributed by atoms with van der Waals surface area (Å²) in [7, 11) is 0. The number of ether oxygens (including phenoxy) is 1. The van der Waals surface area contributed by atoms with Crippen molar-refractivity contribution in [1.29, 1.82) is 0 Å². The summed E-state index contributed by atoms with van der Waals surface area (Å²) in [6, 6.07) is 0. The van der Waals surface area contributed by atoms with Gasteiger partial charge in [-0.3, -0.25) is 0 Å². The van der Waals surface area contributed by atoms with E-state index < -0.39 is 0 Å². The Bertz CT molecular complexity index is 163. The van der Waals surface area contributed by atoms with E-state index in [4.69, 9.17) is 4.74 Å². The Hall–Kier alpha value is -0.120. The minimum absolute atomic E-state index is 0.495. The molecule has 15 heavy (non-hydrogen) atoms. The second-order valence-electron chi connectivity index (χ2n) is 4.84. The van der Waals surface area contributed by atoms with Crippen LogP contribution in [-0.2, 0) is 4.74 Å². The van der Waals surface area contributed by atoms with Crippen LogP contribution in [0.25, 0.3) is 0 Å². The summed E-state index contributed by atoms with van der Waals surface area (Å²) in [6.07, 6.45) is 7.08. The zero-order chi connectivity index (χ0) is 10.3. The third-order valence-corrected chi connectivity index (χ3v) is 3.52. The smallest absolute Gasteiger partial charge is 0.0700 e. The first kappa shape index (κ1) is 11.4. The summed E-state index contributed by atoms with van der Waals surface area (Å²) < 4.78 is 5.57. The van der Waals surface area contributed by atoms with Crippen LogP contribution < -0.4 is 10.6 Å². The molecule has 2 saturated heterocycles. The van der Waals surface area contributed by atoms with Crippen LogP contribution in [-0.4, -0.2) is 38.9 Å². The molecule has 3 heteroatoms. The fourth-order valence-electron chi connectivity index (χ4n) is 2.54. The van der Waals surface area contributed by atoms with Gasteiger partial charge < -0.3 is 15.4 Å². The summed E-state index contributed by atoms with van der Waals surface area (Å²) in [5, 5.41) is 6.99. The van der Waals surface area contributed by atoms with Crippen molar-refractivity contribution in [1.82, 2.24) is 10.6 Å². The fraction of sp³-hybridized carbons (Fsp3) is 1.00. The highest BCUT2D eigenvalue weighted by Crippen LogP contribution is 2.13. The number of nitrogens with one attached hydrogen (secondary N) is 2.